The molecule has 98 valence electrons. The summed E-state index contributed by atoms with van der Waals surface area (Å²) in [6.07, 6.45) is 5.45. The number of aryl methyl sites for hydroxylation is 1. The molecule has 1 atom stereocenters. The lowest BCUT2D eigenvalue weighted by Crippen LogP contribution is -2.44. The van der Waals surface area contributed by atoms with Crippen LogP contribution in [0.1, 0.15) is 42.0 Å². The first-order chi connectivity index (χ1) is 8.84. The van der Waals surface area contributed by atoms with Gasteiger partial charge in [-0.05, 0) is 62.2 Å². The third kappa shape index (κ3) is 2.45. The smallest absolute Gasteiger partial charge is 0.227 e. The van der Waals surface area contributed by atoms with Crippen LogP contribution in [0, 0.1) is 0 Å². The highest BCUT2D eigenvalue weighted by Crippen LogP contribution is 2.35. The van der Waals surface area contributed by atoms with Gasteiger partial charge in [-0.1, -0.05) is 0 Å². The first kappa shape index (κ1) is 12.2. The van der Waals surface area contributed by atoms with E-state index in [-0.39, 0.29) is 11.8 Å². The van der Waals surface area contributed by atoms with E-state index in [1.807, 2.05) is 0 Å². The molecule has 0 spiro atoms. The molecular formula is C14H20N2OS. The Balaban J connectivity index is 1.66. The molecule has 2 aliphatic rings. The van der Waals surface area contributed by atoms with E-state index in [2.05, 4.69) is 22.1 Å². The van der Waals surface area contributed by atoms with Gasteiger partial charge in [0.15, 0.2) is 0 Å². The zero-order valence-corrected chi connectivity index (χ0v) is 11.4. The van der Waals surface area contributed by atoms with Gasteiger partial charge in [-0.3, -0.25) is 4.79 Å². The number of thiophene rings is 1. The number of carbonyl (C=O) groups excluding carboxylic acids is 1. The molecule has 3 nitrogen and oxygen atoms in total. The van der Waals surface area contributed by atoms with Gasteiger partial charge in [0.1, 0.15) is 0 Å². The summed E-state index contributed by atoms with van der Waals surface area (Å²) < 4.78 is 0. The van der Waals surface area contributed by atoms with Gasteiger partial charge < -0.3 is 10.6 Å². The number of piperidine rings is 1. The van der Waals surface area contributed by atoms with Crippen molar-refractivity contribution < 1.29 is 4.79 Å². The van der Waals surface area contributed by atoms with Crippen LogP contribution in [0.25, 0.3) is 0 Å². The minimum atomic E-state index is 0.106. The van der Waals surface area contributed by atoms with Crippen LogP contribution in [-0.2, 0) is 11.2 Å². The van der Waals surface area contributed by atoms with Crippen molar-refractivity contribution in [2.24, 2.45) is 0 Å². The predicted molar refractivity (Wildman–Crippen MR) is 74.0 cm³/mol. The highest BCUT2D eigenvalue weighted by molar-refractivity contribution is 7.10. The van der Waals surface area contributed by atoms with E-state index < -0.39 is 0 Å². The predicted octanol–water partition coefficient (Wildman–Crippen LogP) is 2.04. The molecule has 0 saturated carbocycles. The van der Waals surface area contributed by atoms with E-state index in [1.165, 1.54) is 10.4 Å². The molecule has 1 aromatic heterocycles. The summed E-state index contributed by atoms with van der Waals surface area (Å²) in [5.74, 6) is 0.358. The third-order valence-corrected chi connectivity index (χ3v) is 5.05. The van der Waals surface area contributed by atoms with Crippen LogP contribution in [0.15, 0.2) is 11.4 Å². The molecule has 0 aromatic carbocycles. The standard InChI is InChI=1S/C14H20N2OS/c17-14(16-10-4-7-15-8-5-10)12-2-1-3-13-11(12)6-9-18-13/h6,9-10,12,15H,1-5,7-8H2,(H,16,17). The topological polar surface area (TPSA) is 41.1 Å². The fourth-order valence-corrected chi connectivity index (χ4v) is 4.01. The van der Waals surface area contributed by atoms with Crippen molar-refractivity contribution in [1.29, 1.82) is 0 Å². The first-order valence-electron chi connectivity index (χ1n) is 6.92. The number of hydrogen-bond donors (Lipinski definition) is 2. The van der Waals surface area contributed by atoms with Gasteiger partial charge in [0.2, 0.25) is 5.91 Å². The van der Waals surface area contributed by atoms with E-state index in [0.717, 1.165) is 45.2 Å². The lowest BCUT2D eigenvalue weighted by Gasteiger charge is -2.27. The van der Waals surface area contributed by atoms with Gasteiger partial charge in [0, 0.05) is 10.9 Å². The van der Waals surface area contributed by atoms with Gasteiger partial charge >= 0.3 is 0 Å². The molecule has 4 heteroatoms. The Hall–Kier alpha value is -0.870. The van der Waals surface area contributed by atoms with Gasteiger partial charge in [-0.15, -0.1) is 11.3 Å². The first-order valence-corrected chi connectivity index (χ1v) is 7.80. The average molecular weight is 264 g/mol. The van der Waals surface area contributed by atoms with E-state index in [1.54, 1.807) is 11.3 Å². The van der Waals surface area contributed by atoms with Crippen LogP contribution in [0.4, 0.5) is 0 Å². The Labute approximate surface area is 112 Å². The molecule has 1 aliphatic heterocycles. The average Bonchev–Trinajstić information content (AvgIpc) is 2.87. The highest BCUT2D eigenvalue weighted by atomic mass is 32.1. The second-order valence-electron chi connectivity index (χ2n) is 5.28. The Kier molecular flexibility index (Phi) is 3.66. The summed E-state index contributed by atoms with van der Waals surface area (Å²) in [5, 5.41) is 8.70. The van der Waals surface area contributed by atoms with Crippen LogP contribution in [-0.4, -0.2) is 25.0 Å². The zero-order valence-electron chi connectivity index (χ0n) is 10.6. The highest BCUT2D eigenvalue weighted by Gasteiger charge is 2.28. The monoisotopic (exact) mass is 264 g/mol. The maximum Gasteiger partial charge on any atom is 0.227 e. The van der Waals surface area contributed by atoms with Crippen molar-refractivity contribution >= 4 is 17.2 Å². The van der Waals surface area contributed by atoms with Crippen LogP contribution in [0.2, 0.25) is 0 Å². The molecule has 1 amide bonds. The third-order valence-electron chi connectivity index (χ3n) is 4.05. The van der Waals surface area contributed by atoms with E-state index in [4.69, 9.17) is 0 Å². The van der Waals surface area contributed by atoms with Gasteiger partial charge in [-0.25, -0.2) is 0 Å². The molecule has 3 rings (SSSR count). The summed E-state index contributed by atoms with van der Waals surface area (Å²) in [6.45, 7) is 2.05. The Morgan fingerprint density at radius 1 is 1.33 bits per heavy atom. The van der Waals surface area contributed by atoms with E-state index in [0.29, 0.717) is 6.04 Å². The van der Waals surface area contributed by atoms with Crippen molar-refractivity contribution in [2.75, 3.05) is 13.1 Å². The summed E-state index contributed by atoms with van der Waals surface area (Å²) in [5.41, 5.74) is 1.29. The minimum Gasteiger partial charge on any atom is -0.353 e. The Bertz CT molecular complexity index is 423. The lowest BCUT2D eigenvalue weighted by atomic mass is 9.87. The SMILES string of the molecule is O=C(NC1CCNCC1)C1CCCc2sccc21. The number of amides is 1. The van der Waals surface area contributed by atoms with E-state index in [9.17, 15) is 4.79 Å². The summed E-state index contributed by atoms with van der Waals surface area (Å²) in [6, 6.07) is 2.52. The summed E-state index contributed by atoms with van der Waals surface area (Å²) in [4.78, 5) is 13.8. The molecule has 2 heterocycles. The summed E-state index contributed by atoms with van der Waals surface area (Å²) in [7, 11) is 0. The second-order valence-corrected chi connectivity index (χ2v) is 6.28. The molecular weight excluding hydrogens is 244 g/mol. The molecule has 18 heavy (non-hydrogen) atoms. The molecule has 1 aliphatic carbocycles. The number of carbonyl (C=O) groups is 1. The largest absolute Gasteiger partial charge is 0.353 e. The van der Waals surface area contributed by atoms with Crippen LogP contribution < -0.4 is 10.6 Å². The Morgan fingerprint density at radius 2 is 2.17 bits per heavy atom. The van der Waals surface area contributed by atoms with Gasteiger partial charge in [0.05, 0.1) is 5.92 Å². The molecule has 1 saturated heterocycles. The number of fused-ring (bicyclic) bond motifs is 1. The molecule has 1 fully saturated rings. The van der Waals surface area contributed by atoms with Crippen molar-refractivity contribution in [2.45, 2.75) is 44.1 Å². The fourth-order valence-electron chi connectivity index (χ4n) is 3.03. The molecule has 1 aromatic rings. The van der Waals surface area contributed by atoms with Gasteiger partial charge in [0.25, 0.3) is 0 Å². The fraction of sp³-hybridized carbons (Fsp3) is 0.643. The zero-order chi connectivity index (χ0) is 12.4. The molecule has 1 unspecified atom stereocenters. The number of hydrogen-bond acceptors (Lipinski definition) is 3. The van der Waals surface area contributed by atoms with Crippen molar-refractivity contribution in [3.63, 3.8) is 0 Å². The van der Waals surface area contributed by atoms with Crippen molar-refractivity contribution in [1.82, 2.24) is 10.6 Å². The number of nitrogens with one attached hydrogen (secondary N) is 2. The normalized spacial score (nSPS) is 24.6. The van der Waals surface area contributed by atoms with Crippen LogP contribution in [0.3, 0.4) is 0 Å². The van der Waals surface area contributed by atoms with Crippen molar-refractivity contribution in [3.8, 4) is 0 Å². The minimum absolute atomic E-state index is 0.106. The number of rotatable bonds is 2. The Morgan fingerprint density at radius 3 is 3.00 bits per heavy atom. The van der Waals surface area contributed by atoms with Crippen molar-refractivity contribution in [3.05, 3.63) is 21.9 Å². The second kappa shape index (κ2) is 5.41. The molecule has 2 N–H and O–H groups in total. The maximum atomic E-state index is 12.4. The maximum absolute atomic E-state index is 12.4. The lowest BCUT2D eigenvalue weighted by molar-refractivity contribution is -0.123. The van der Waals surface area contributed by atoms with Gasteiger partial charge in [-0.2, -0.15) is 0 Å². The summed E-state index contributed by atoms with van der Waals surface area (Å²) >= 11 is 1.80. The van der Waals surface area contributed by atoms with Crippen LogP contribution in [0.5, 0.6) is 0 Å². The molecule has 0 radical (unpaired) electrons. The van der Waals surface area contributed by atoms with Crippen LogP contribution >= 0.6 is 11.3 Å². The molecule has 0 bridgehead atoms. The van der Waals surface area contributed by atoms with E-state index >= 15 is 0 Å². The quantitative estimate of drug-likeness (QED) is 0.858.